The van der Waals surface area contributed by atoms with E-state index < -0.39 is 5.97 Å². The molecule has 0 aromatic heterocycles. The van der Waals surface area contributed by atoms with Gasteiger partial charge in [0.25, 0.3) is 0 Å². The zero-order valence-electron chi connectivity index (χ0n) is 15.8. The number of carbonyl (C=O) groups is 1. The van der Waals surface area contributed by atoms with Gasteiger partial charge in [-0.25, -0.2) is 9.79 Å². The van der Waals surface area contributed by atoms with Crippen LogP contribution in [-0.4, -0.2) is 25.6 Å². The Morgan fingerprint density at radius 3 is 2.72 bits per heavy atom. The van der Waals surface area contributed by atoms with Gasteiger partial charge in [0.1, 0.15) is 0 Å². The SMILES string of the molecule is CCCCOc1c(Cl)cc(/C=C2\N=C(c3cc(I)ccc3Cl)OC2=O)cc1OC. The number of esters is 1. The number of aliphatic imine (C=N–C) groups is 1. The molecule has 0 saturated carbocycles. The summed E-state index contributed by atoms with van der Waals surface area (Å²) in [6.07, 6.45) is 3.51. The van der Waals surface area contributed by atoms with Gasteiger partial charge >= 0.3 is 5.97 Å². The maximum Gasteiger partial charge on any atom is 0.363 e. The van der Waals surface area contributed by atoms with Gasteiger partial charge in [0.05, 0.1) is 29.3 Å². The minimum atomic E-state index is -0.562. The number of carbonyl (C=O) groups excluding carboxylic acids is 1. The summed E-state index contributed by atoms with van der Waals surface area (Å²) in [4.78, 5) is 16.6. The monoisotopic (exact) mass is 545 g/mol. The van der Waals surface area contributed by atoms with E-state index in [2.05, 4.69) is 34.5 Å². The Morgan fingerprint density at radius 1 is 1.21 bits per heavy atom. The van der Waals surface area contributed by atoms with Crippen LogP contribution in [0.15, 0.2) is 41.0 Å². The van der Waals surface area contributed by atoms with Crippen LogP contribution in [0.4, 0.5) is 0 Å². The highest BCUT2D eigenvalue weighted by Crippen LogP contribution is 2.37. The summed E-state index contributed by atoms with van der Waals surface area (Å²) in [5.41, 5.74) is 1.35. The van der Waals surface area contributed by atoms with Gasteiger partial charge in [0, 0.05) is 3.57 Å². The van der Waals surface area contributed by atoms with Crippen LogP contribution in [0.2, 0.25) is 10.0 Å². The van der Waals surface area contributed by atoms with Crippen molar-refractivity contribution in [3.63, 3.8) is 0 Å². The molecular weight excluding hydrogens is 528 g/mol. The third-order valence-electron chi connectivity index (χ3n) is 4.08. The van der Waals surface area contributed by atoms with Gasteiger partial charge in [0.15, 0.2) is 17.2 Å². The zero-order chi connectivity index (χ0) is 21.0. The van der Waals surface area contributed by atoms with Crippen LogP contribution in [0.1, 0.15) is 30.9 Å². The Morgan fingerprint density at radius 2 is 2.00 bits per heavy atom. The zero-order valence-corrected chi connectivity index (χ0v) is 19.5. The van der Waals surface area contributed by atoms with E-state index in [-0.39, 0.29) is 11.6 Å². The molecule has 1 aliphatic rings. The van der Waals surface area contributed by atoms with Crippen molar-refractivity contribution in [3.8, 4) is 11.5 Å². The molecule has 29 heavy (non-hydrogen) atoms. The van der Waals surface area contributed by atoms with Crippen LogP contribution >= 0.6 is 45.8 Å². The maximum atomic E-state index is 12.3. The molecule has 0 N–H and O–H groups in total. The van der Waals surface area contributed by atoms with Crippen molar-refractivity contribution in [2.75, 3.05) is 13.7 Å². The fraction of sp³-hybridized carbons (Fsp3) is 0.238. The number of ether oxygens (including phenoxy) is 3. The molecule has 2 aromatic rings. The number of halogens is 3. The third-order valence-corrected chi connectivity index (χ3v) is 5.36. The summed E-state index contributed by atoms with van der Waals surface area (Å²) >= 11 is 14.7. The van der Waals surface area contributed by atoms with Gasteiger partial charge in [-0.3, -0.25) is 0 Å². The Labute approximate surface area is 192 Å². The average molecular weight is 546 g/mol. The first kappa shape index (κ1) is 21.9. The van der Waals surface area contributed by atoms with Crippen molar-refractivity contribution < 1.29 is 19.0 Å². The smallest absolute Gasteiger partial charge is 0.363 e. The topological polar surface area (TPSA) is 57.1 Å². The minimum Gasteiger partial charge on any atom is -0.493 e. The van der Waals surface area contributed by atoms with Crippen molar-refractivity contribution in [3.05, 3.63) is 60.8 Å². The molecule has 152 valence electrons. The number of hydrogen-bond donors (Lipinski definition) is 0. The Balaban J connectivity index is 1.93. The first-order valence-corrected chi connectivity index (χ1v) is 10.7. The first-order chi connectivity index (χ1) is 13.9. The van der Waals surface area contributed by atoms with Gasteiger partial charge in [-0.15, -0.1) is 0 Å². The third kappa shape index (κ3) is 5.24. The highest BCUT2D eigenvalue weighted by Gasteiger charge is 2.26. The highest BCUT2D eigenvalue weighted by molar-refractivity contribution is 14.1. The van der Waals surface area contributed by atoms with E-state index in [4.69, 9.17) is 37.4 Å². The summed E-state index contributed by atoms with van der Waals surface area (Å²) in [6.45, 7) is 2.63. The van der Waals surface area contributed by atoms with Crippen LogP contribution in [-0.2, 0) is 9.53 Å². The van der Waals surface area contributed by atoms with Crippen molar-refractivity contribution in [1.82, 2.24) is 0 Å². The molecule has 0 radical (unpaired) electrons. The molecule has 0 amide bonds. The molecule has 0 aliphatic carbocycles. The first-order valence-electron chi connectivity index (χ1n) is 8.91. The molecule has 5 nitrogen and oxygen atoms in total. The van der Waals surface area contributed by atoms with E-state index in [1.165, 1.54) is 7.11 Å². The number of cyclic esters (lactones) is 1. The molecular formula is C21H18Cl2INO4. The largest absolute Gasteiger partial charge is 0.493 e. The molecule has 0 spiro atoms. The fourth-order valence-electron chi connectivity index (χ4n) is 2.63. The molecule has 3 rings (SSSR count). The Kier molecular flexibility index (Phi) is 7.43. The molecule has 1 heterocycles. The molecule has 0 unspecified atom stereocenters. The standard InChI is InChI=1S/C21H18Cl2INO4/c1-3-4-7-28-19-16(23)8-12(10-18(19)27-2)9-17-21(26)29-20(25-17)14-11-13(24)5-6-15(14)22/h5-6,8-11H,3-4,7H2,1-2H3/b17-9-. The summed E-state index contributed by atoms with van der Waals surface area (Å²) in [7, 11) is 1.54. The number of rotatable bonds is 7. The Hall–Kier alpha value is -1.77. The predicted molar refractivity (Wildman–Crippen MR) is 123 cm³/mol. The number of nitrogens with zero attached hydrogens (tertiary/aromatic N) is 1. The summed E-state index contributed by atoms with van der Waals surface area (Å²) in [5.74, 6) is 0.570. The van der Waals surface area contributed by atoms with Gasteiger partial charge in [-0.05, 0) is 71.0 Å². The molecule has 0 bridgehead atoms. The number of benzene rings is 2. The van der Waals surface area contributed by atoms with Crippen LogP contribution < -0.4 is 9.47 Å². The number of unbranched alkanes of at least 4 members (excludes halogenated alkanes) is 1. The summed E-state index contributed by atoms with van der Waals surface area (Å²) < 4.78 is 17.4. The van der Waals surface area contributed by atoms with Gasteiger partial charge in [0.2, 0.25) is 5.90 Å². The normalized spacial score (nSPS) is 14.7. The fourth-order valence-corrected chi connectivity index (χ4v) is 3.59. The molecule has 2 aromatic carbocycles. The van der Waals surface area contributed by atoms with Crippen molar-refractivity contribution in [2.24, 2.45) is 4.99 Å². The van der Waals surface area contributed by atoms with Crippen molar-refractivity contribution >= 4 is 63.7 Å². The van der Waals surface area contributed by atoms with Crippen LogP contribution in [0.25, 0.3) is 6.08 Å². The van der Waals surface area contributed by atoms with E-state index >= 15 is 0 Å². The summed E-state index contributed by atoms with van der Waals surface area (Å²) in [6, 6.07) is 8.83. The lowest BCUT2D eigenvalue weighted by atomic mass is 10.1. The van der Waals surface area contributed by atoms with E-state index in [9.17, 15) is 4.79 Å². The van der Waals surface area contributed by atoms with E-state index in [1.54, 1.807) is 30.3 Å². The lowest BCUT2D eigenvalue weighted by Gasteiger charge is -2.13. The van der Waals surface area contributed by atoms with Crippen LogP contribution in [0.3, 0.4) is 0 Å². The van der Waals surface area contributed by atoms with E-state index in [0.717, 1.165) is 16.4 Å². The van der Waals surface area contributed by atoms with Crippen LogP contribution in [0, 0.1) is 3.57 Å². The molecule has 0 saturated heterocycles. The number of methoxy groups -OCH3 is 1. The quantitative estimate of drug-likeness (QED) is 0.182. The molecule has 1 aliphatic heterocycles. The van der Waals surface area contributed by atoms with Gasteiger partial charge in [-0.1, -0.05) is 36.5 Å². The van der Waals surface area contributed by atoms with E-state index in [0.29, 0.717) is 39.3 Å². The minimum absolute atomic E-state index is 0.146. The lowest BCUT2D eigenvalue weighted by molar-refractivity contribution is -0.129. The maximum absolute atomic E-state index is 12.3. The predicted octanol–water partition coefficient (Wildman–Crippen LogP) is 6.13. The van der Waals surface area contributed by atoms with Crippen molar-refractivity contribution in [2.45, 2.75) is 19.8 Å². The van der Waals surface area contributed by atoms with E-state index in [1.807, 2.05) is 6.07 Å². The second kappa shape index (κ2) is 9.82. The molecule has 8 heteroatoms. The summed E-state index contributed by atoms with van der Waals surface area (Å²) in [5, 5.41) is 0.847. The Bertz CT molecular complexity index is 1000. The highest BCUT2D eigenvalue weighted by atomic mass is 127. The lowest BCUT2D eigenvalue weighted by Crippen LogP contribution is -2.06. The van der Waals surface area contributed by atoms with Crippen molar-refractivity contribution in [1.29, 1.82) is 0 Å². The molecule has 0 atom stereocenters. The second-order valence-corrected chi connectivity index (χ2v) is 8.26. The second-order valence-electron chi connectivity index (χ2n) is 6.20. The molecule has 0 fully saturated rings. The van der Waals surface area contributed by atoms with Gasteiger partial charge < -0.3 is 14.2 Å². The van der Waals surface area contributed by atoms with Crippen LogP contribution in [0.5, 0.6) is 11.5 Å². The van der Waals surface area contributed by atoms with Gasteiger partial charge in [-0.2, -0.15) is 0 Å². The number of hydrogen-bond acceptors (Lipinski definition) is 5. The average Bonchev–Trinajstić information content (AvgIpc) is 3.05.